The van der Waals surface area contributed by atoms with Crippen LogP contribution in [0.15, 0.2) is 30.6 Å². The van der Waals surface area contributed by atoms with Crippen LogP contribution in [-0.4, -0.2) is 22.6 Å². The smallest absolute Gasteiger partial charge is 0.159 e. The maximum Gasteiger partial charge on any atom is 0.159 e. The van der Waals surface area contributed by atoms with Crippen molar-refractivity contribution in [3.05, 3.63) is 34.2 Å². The van der Waals surface area contributed by atoms with Crippen molar-refractivity contribution in [1.82, 2.24) is 9.97 Å². The van der Waals surface area contributed by atoms with Gasteiger partial charge in [0.25, 0.3) is 0 Å². The van der Waals surface area contributed by atoms with Gasteiger partial charge in [0.2, 0.25) is 0 Å². The van der Waals surface area contributed by atoms with Crippen LogP contribution < -0.4 is 16.0 Å². The number of nitrogens with one attached hydrogen (secondary N) is 1. The normalized spacial score (nSPS) is 18.0. The molecule has 2 aromatic rings. The van der Waals surface area contributed by atoms with Crippen molar-refractivity contribution in [2.24, 2.45) is 0 Å². The molecule has 1 aromatic carbocycles. The number of nitrogen functional groups attached to an aromatic ring is 1. The maximum atomic E-state index is 6.38. The second kappa shape index (κ2) is 7.33. The number of nitrogens with two attached hydrogens (primary N) is 1. The Morgan fingerprint density at radius 1 is 1.26 bits per heavy atom. The number of hydrogen-bond donors (Lipinski definition) is 2. The molecule has 23 heavy (non-hydrogen) atoms. The molecular weight excluding hydrogens is 401 g/mol. The summed E-state index contributed by atoms with van der Waals surface area (Å²) in [6.45, 7) is 3.24. The molecule has 1 atom stereocenters. The number of halogens is 1. The van der Waals surface area contributed by atoms with E-state index < -0.39 is 0 Å². The summed E-state index contributed by atoms with van der Waals surface area (Å²) in [7, 11) is 0. The molecule has 0 saturated carbocycles. The van der Waals surface area contributed by atoms with E-state index in [2.05, 4.69) is 61.8 Å². The van der Waals surface area contributed by atoms with Gasteiger partial charge >= 0.3 is 0 Å². The molecule has 122 valence electrons. The molecule has 5 nitrogen and oxygen atoms in total. The quantitative estimate of drug-likeness (QED) is 0.723. The molecule has 0 amide bonds. The molecule has 3 N–H and O–H groups in total. The van der Waals surface area contributed by atoms with Gasteiger partial charge in [-0.15, -0.1) is 0 Å². The number of nitrogens with zero attached hydrogens (tertiary/aromatic N) is 3. The molecule has 1 unspecified atom stereocenters. The minimum atomic E-state index is 0.520. The number of piperidine rings is 1. The van der Waals surface area contributed by atoms with Gasteiger partial charge in [0, 0.05) is 21.8 Å². The Kier molecular flexibility index (Phi) is 5.20. The van der Waals surface area contributed by atoms with Crippen molar-refractivity contribution in [1.29, 1.82) is 0 Å². The lowest BCUT2D eigenvalue weighted by molar-refractivity contribution is 0.447. The lowest BCUT2D eigenvalue weighted by Gasteiger charge is -2.36. The number of aromatic nitrogens is 2. The van der Waals surface area contributed by atoms with Crippen LogP contribution in [0.5, 0.6) is 0 Å². The highest BCUT2D eigenvalue weighted by molar-refractivity contribution is 14.1. The van der Waals surface area contributed by atoms with Gasteiger partial charge in [-0.25, -0.2) is 9.97 Å². The summed E-state index contributed by atoms with van der Waals surface area (Å²) >= 11 is 2.29. The van der Waals surface area contributed by atoms with Gasteiger partial charge in [0.1, 0.15) is 12.0 Å². The molecule has 1 aliphatic heterocycles. The summed E-state index contributed by atoms with van der Waals surface area (Å²) in [5.74, 6) is 1.54. The minimum absolute atomic E-state index is 0.520. The second-order valence-electron chi connectivity index (χ2n) is 5.84. The molecule has 6 heteroatoms. The Bertz CT molecular complexity index is 659. The molecular formula is C17H22IN5. The van der Waals surface area contributed by atoms with E-state index >= 15 is 0 Å². The SMILES string of the molecule is CCC1CCCCN1c1ncnc(Nc2ccc(I)cc2)c1N. The Labute approximate surface area is 150 Å². The van der Waals surface area contributed by atoms with Gasteiger partial charge in [-0.1, -0.05) is 6.92 Å². The third-order valence-electron chi connectivity index (χ3n) is 4.34. The highest BCUT2D eigenvalue weighted by Gasteiger charge is 2.24. The summed E-state index contributed by atoms with van der Waals surface area (Å²) in [5, 5.41) is 3.31. The van der Waals surface area contributed by atoms with E-state index in [0.717, 1.165) is 24.5 Å². The van der Waals surface area contributed by atoms with E-state index in [4.69, 9.17) is 5.73 Å². The number of anilines is 4. The summed E-state index contributed by atoms with van der Waals surface area (Å²) in [6, 6.07) is 8.68. The molecule has 0 bridgehead atoms. The zero-order valence-electron chi connectivity index (χ0n) is 13.3. The van der Waals surface area contributed by atoms with Crippen molar-refractivity contribution >= 4 is 45.6 Å². The third kappa shape index (κ3) is 3.68. The minimum Gasteiger partial charge on any atom is -0.393 e. The van der Waals surface area contributed by atoms with Crippen LogP contribution in [0.3, 0.4) is 0 Å². The first kappa shape index (κ1) is 16.3. The first-order valence-electron chi connectivity index (χ1n) is 8.08. The zero-order chi connectivity index (χ0) is 16.2. The fraction of sp³-hybridized carbons (Fsp3) is 0.412. The van der Waals surface area contributed by atoms with Crippen LogP contribution in [0.4, 0.5) is 23.0 Å². The monoisotopic (exact) mass is 423 g/mol. The topological polar surface area (TPSA) is 67.1 Å². The van der Waals surface area contributed by atoms with Crippen molar-refractivity contribution in [3.8, 4) is 0 Å². The number of benzene rings is 1. The number of hydrogen-bond acceptors (Lipinski definition) is 5. The first-order valence-corrected chi connectivity index (χ1v) is 9.16. The highest BCUT2D eigenvalue weighted by atomic mass is 127. The average Bonchev–Trinajstić information content (AvgIpc) is 2.59. The molecule has 1 fully saturated rings. The second-order valence-corrected chi connectivity index (χ2v) is 7.09. The average molecular weight is 423 g/mol. The van der Waals surface area contributed by atoms with Gasteiger partial charge in [-0.3, -0.25) is 0 Å². The predicted octanol–water partition coefficient (Wildman–Crippen LogP) is 4.18. The number of rotatable bonds is 4. The van der Waals surface area contributed by atoms with E-state index in [1.807, 2.05) is 12.1 Å². The molecule has 0 radical (unpaired) electrons. The summed E-state index contributed by atoms with van der Waals surface area (Å²) < 4.78 is 1.20. The van der Waals surface area contributed by atoms with Gasteiger partial charge in [0.05, 0.1) is 0 Å². The van der Waals surface area contributed by atoms with E-state index in [-0.39, 0.29) is 0 Å². The third-order valence-corrected chi connectivity index (χ3v) is 5.06. The van der Waals surface area contributed by atoms with Gasteiger partial charge in [0.15, 0.2) is 11.6 Å². The van der Waals surface area contributed by atoms with E-state index in [1.165, 1.54) is 22.8 Å². The van der Waals surface area contributed by atoms with Gasteiger partial charge in [-0.2, -0.15) is 0 Å². The summed E-state index contributed by atoms with van der Waals surface area (Å²) in [6.07, 6.45) is 6.40. The molecule has 3 rings (SSSR count). The Morgan fingerprint density at radius 2 is 2.04 bits per heavy atom. The molecule has 1 aliphatic rings. The van der Waals surface area contributed by atoms with Gasteiger partial charge < -0.3 is 16.0 Å². The molecule has 1 aromatic heterocycles. The van der Waals surface area contributed by atoms with Crippen LogP contribution in [0.25, 0.3) is 0 Å². The summed E-state index contributed by atoms with van der Waals surface area (Å²) in [5.41, 5.74) is 7.99. The van der Waals surface area contributed by atoms with E-state index in [0.29, 0.717) is 17.5 Å². The maximum absolute atomic E-state index is 6.38. The van der Waals surface area contributed by atoms with Gasteiger partial charge in [-0.05, 0) is 72.5 Å². The highest BCUT2D eigenvalue weighted by Crippen LogP contribution is 2.33. The fourth-order valence-corrected chi connectivity index (χ4v) is 3.45. The standard InChI is InChI=1S/C17H22IN5/c1-2-14-5-3-4-10-23(14)17-15(19)16(20-11-21-17)22-13-8-6-12(18)7-9-13/h6-9,11,14H,2-5,10,19H2,1H3,(H,20,21,22). The molecule has 0 spiro atoms. The van der Waals surface area contributed by atoms with Crippen molar-refractivity contribution in [2.45, 2.75) is 38.6 Å². The largest absolute Gasteiger partial charge is 0.393 e. The Balaban J connectivity index is 1.87. The lowest BCUT2D eigenvalue weighted by atomic mass is 10.00. The van der Waals surface area contributed by atoms with Crippen molar-refractivity contribution < 1.29 is 0 Å². The summed E-state index contributed by atoms with van der Waals surface area (Å²) in [4.78, 5) is 11.1. The Morgan fingerprint density at radius 3 is 2.78 bits per heavy atom. The van der Waals surface area contributed by atoms with E-state index in [1.54, 1.807) is 6.33 Å². The molecule has 0 aliphatic carbocycles. The zero-order valence-corrected chi connectivity index (χ0v) is 15.5. The van der Waals surface area contributed by atoms with E-state index in [9.17, 15) is 0 Å². The van der Waals surface area contributed by atoms with Crippen LogP contribution in [0.2, 0.25) is 0 Å². The lowest BCUT2D eigenvalue weighted by Crippen LogP contribution is -2.40. The van der Waals surface area contributed by atoms with Crippen molar-refractivity contribution in [2.75, 3.05) is 22.5 Å². The Hall–Kier alpha value is -1.57. The van der Waals surface area contributed by atoms with Crippen molar-refractivity contribution in [3.63, 3.8) is 0 Å². The van der Waals surface area contributed by atoms with Crippen LogP contribution >= 0.6 is 22.6 Å². The molecule has 2 heterocycles. The van der Waals surface area contributed by atoms with Crippen LogP contribution in [0, 0.1) is 3.57 Å². The van der Waals surface area contributed by atoms with Crippen LogP contribution in [-0.2, 0) is 0 Å². The fourth-order valence-electron chi connectivity index (χ4n) is 3.09. The molecule has 1 saturated heterocycles. The van der Waals surface area contributed by atoms with Crippen LogP contribution in [0.1, 0.15) is 32.6 Å². The first-order chi connectivity index (χ1) is 11.2. The predicted molar refractivity (Wildman–Crippen MR) is 104 cm³/mol.